The summed E-state index contributed by atoms with van der Waals surface area (Å²) in [5.74, 6) is 0.812. The Bertz CT molecular complexity index is 857. The number of benzene rings is 1. The van der Waals surface area contributed by atoms with E-state index >= 15 is 0 Å². The first-order valence-electron chi connectivity index (χ1n) is 9.39. The zero-order chi connectivity index (χ0) is 19.6. The molecule has 28 heavy (non-hydrogen) atoms. The molecule has 0 unspecified atom stereocenters. The standard InChI is InChI=1S/C21H25ClN6/c1-2-24-21(25-10-9-18-7-8-20(22)26-13-18)27-14-17-3-5-19(6-4-17)15-28-12-11-23-16-28/h3-8,11-13,16H,2,9-10,14-15H2,1H3,(H2,24,25,27). The molecule has 3 rings (SSSR count). The molecular weight excluding hydrogens is 372 g/mol. The van der Waals surface area contributed by atoms with Crippen molar-refractivity contribution >= 4 is 17.6 Å². The summed E-state index contributed by atoms with van der Waals surface area (Å²) in [7, 11) is 0. The Kier molecular flexibility index (Phi) is 7.44. The molecule has 0 fully saturated rings. The molecule has 2 N–H and O–H groups in total. The van der Waals surface area contributed by atoms with E-state index in [-0.39, 0.29) is 0 Å². The van der Waals surface area contributed by atoms with Gasteiger partial charge in [-0.2, -0.15) is 0 Å². The summed E-state index contributed by atoms with van der Waals surface area (Å²) in [4.78, 5) is 12.9. The lowest BCUT2D eigenvalue weighted by atomic mass is 10.1. The number of halogens is 1. The third-order valence-corrected chi connectivity index (χ3v) is 4.43. The Balaban J connectivity index is 1.50. The van der Waals surface area contributed by atoms with Crippen LogP contribution in [0, 0.1) is 0 Å². The van der Waals surface area contributed by atoms with Crippen molar-refractivity contribution in [3.63, 3.8) is 0 Å². The highest BCUT2D eigenvalue weighted by Gasteiger charge is 2.00. The fourth-order valence-electron chi connectivity index (χ4n) is 2.73. The van der Waals surface area contributed by atoms with Crippen molar-refractivity contribution in [2.75, 3.05) is 13.1 Å². The van der Waals surface area contributed by atoms with Crippen LogP contribution >= 0.6 is 11.6 Å². The highest BCUT2D eigenvalue weighted by atomic mass is 35.5. The second-order valence-electron chi connectivity index (χ2n) is 6.41. The SMILES string of the molecule is CCNC(=NCc1ccc(Cn2ccnc2)cc1)NCCc1ccc(Cl)nc1. The zero-order valence-electron chi connectivity index (χ0n) is 16.0. The van der Waals surface area contributed by atoms with Crippen LogP contribution in [0.15, 0.2) is 66.3 Å². The first-order valence-corrected chi connectivity index (χ1v) is 9.77. The highest BCUT2D eigenvalue weighted by molar-refractivity contribution is 6.29. The van der Waals surface area contributed by atoms with Gasteiger partial charge in [-0.05, 0) is 36.1 Å². The van der Waals surface area contributed by atoms with Gasteiger partial charge in [-0.1, -0.05) is 41.9 Å². The smallest absolute Gasteiger partial charge is 0.191 e. The molecule has 0 atom stereocenters. The van der Waals surface area contributed by atoms with Crippen molar-refractivity contribution in [2.45, 2.75) is 26.4 Å². The summed E-state index contributed by atoms with van der Waals surface area (Å²) in [5, 5.41) is 7.16. The molecule has 6 nitrogen and oxygen atoms in total. The first kappa shape index (κ1) is 19.9. The minimum atomic E-state index is 0.516. The van der Waals surface area contributed by atoms with E-state index < -0.39 is 0 Å². The van der Waals surface area contributed by atoms with Crippen LogP contribution < -0.4 is 10.6 Å². The number of nitrogens with one attached hydrogen (secondary N) is 2. The van der Waals surface area contributed by atoms with E-state index in [2.05, 4.69) is 61.4 Å². The van der Waals surface area contributed by atoms with Crippen LogP contribution in [0.1, 0.15) is 23.6 Å². The largest absolute Gasteiger partial charge is 0.357 e. The van der Waals surface area contributed by atoms with E-state index in [4.69, 9.17) is 11.6 Å². The number of pyridine rings is 1. The lowest BCUT2D eigenvalue weighted by Gasteiger charge is -2.11. The van der Waals surface area contributed by atoms with Gasteiger partial charge in [0.25, 0.3) is 0 Å². The molecule has 0 bridgehead atoms. The number of imidazole rings is 1. The van der Waals surface area contributed by atoms with Gasteiger partial charge in [-0.15, -0.1) is 0 Å². The van der Waals surface area contributed by atoms with Crippen LogP contribution in [-0.2, 0) is 19.5 Å². The normalized spacial score (nSPS) is 11.4. The predicted molar refractivity (Wildman–Crippen MR) is 114 cm³/mol. The Morgan fingerprint density at radius 1 is 1.07 bits per heavy atom. The fraction of sp³-hybridized carbons (Fsp3) is 0.286. The third kappa shape index (κ3) is 6.39. The van der Waals surface area contributed by atoms with Crippen LogP contribution in [0.5, 0.6) is 0 Å². The molecule has 0 aliphatic heterocycles. The number of aromatic nitrogens is 3. The molecule has 3 aromatic rings. The Morgan fingerprint density at radius 2 is 1.86 bits per heavy atom. The van der Waals surface area contributed by atoms with Gasteiger partial charge >= 0.3 is 0 Å². The van der Waals surface area contributed by atoms with E-state index in [1.54, 1.807) is 12.4 Å². The predicted octanol–water partition coefficient (Wildman–Crippen LogP) is 3.28. The molecule has 0 spiro atoms. The average Bonchev–Trinajstić information content (AvgIpc) is 3.22. The maximum atomic E-state index is 5.82. The summed E-state index contributed by atoms with van der Waals surface area (Å²) in [6.07, 6.45) is 8.25. The monoisotopic (exact) mass is 396 g/mol. The summed E-state index contributed by atoms with van der Waals surface area (Å²) >= 11 is 5.82. The van der Waals surface area contributed by atoms with Crippen molar-refractivity contribution < 1.29 is 0 Å². The van der Waals surface area contributed by atoms with E-state index in [0.29, 0.717) is 11.7 Å². The average molecular weight is 397 g/mol. The Labute approximate surface area is 170 Å². The molecule has 0 amide bonds. The summed E-state index contributed by atoms with van der Waals surface area (Å²) < 4.78 is 2.05. The van der Waals surface area contributed by atoms with Gasteiger partial charge in [-0.25, -0.2) is 15.0 Å². The number of nitrogens with zero attached hydrogens (tertiary/aromatic N) is 4. The van der Waals surface area contributed by atoms with Gasteiger partial charge in [0, 0.05) is 38.2 Å². The van der Waals surface area contributed by atoms with Crippen LogP contribution in [0.25, 0.3) is 0 Å². The lowest BCUT2D eigenvalue weighted by molar-refractivity contribution is 0.793. The van der Waals surface area contributed by atoms with E-state index in [0.717, 1.165) is 37.6 Å². The van der Waals surface area contributed by atoms with Gasteiger partial charge in [0.1, 0.15) is 5.15 Å². The van der Waals surface area contributed by atoms with Crippen molar-refractivity contribution in [2.24, 2.45) is 4.99 Å². The fourth-order valence-corrected chi connectivity index (χ4v) is 2.84. The van der Waals surface area contributed by atoms with E-state index in [1.165, 1.54) is 11.1 Å². The van der Waals surface area contributed by atoms with Crippen LogP contribution in [0.3, 0.4) is 0 Å². The topological polar surface area (TPSA) is 67.1 Å². The minimum absolute atomic E-state index is 0.516. The summed E-state index contributed by atoms with van der Waals surface area (Å²) in [6, 6.07) is 12.3. The van der Waals surface area contributed by atoms with Gasteiger partial charge in [0.05, 0.1) is 12.9 Å². The summed E-state index contributed by atoms with van der Waals surface area (Å²) in [6.45, 7) is 5.11. The molecule has 2 heterocycles. The van der Waals surface area contributed by atoms with Crippen molar-refractivity contribution in [3.8, 4) is 0 Å². The molecule has 7 heteroatoms. The zero-order valence-corrected chi connectivity index (χ0v) is 16.7. The van der Waals surface area contributed by atoms with Crippen molar-refractivity contribution in [3.05, 3.63) is 83.2 Å². The number of rotatable bonds is 8. The second kappa shape index (κ2) is 10.5. The van der Waals surface area contributed by atoms with Crippen LogP contribution in [-0.4, -0.2) is 33.6 Å². The van der Waals surface area contributed by atoms with Gasteiger partial charge < -0.3 is 15.2 Å². The van der Waals surface area contributed by atoms with Crippen LogP contribution in [0.4, 0.5) is 0 Å². The molecule has 0 saturated carbocycles. The van der Waals surface area contributed by atoms with Gasteiger partial charge in [0.2, 0.25) is 0 Å². The van der Waals surface area contributed by atoms with Gasteiger partial charge in [-0.3, -0.25) is 0 Å². The highest BCUT2D eigenvalue weighted by Crippen LogP contribution is 2.08. The maximum absolute atomic E-state index is 5.82. The summed E-state index contributed by atoms with van der Waals surface area (Å²) in [5.41, 5.74) is 3.56. The molecule has 0 aliphatic rings. The molecule has 0 aliphatic carbocycles. The molecule has 1 aromatic carbocycles. The molecule has 2 aromatic heterocycles. The number of guanidine groups is 1. The lowest BCUT2D eigenvalue weighted by Crippen LogP contribution is -2.38. The quantitative estimate of drug-likeness (QED) is 0.348. The van der Waals surface area contributed by atoms with E-state index in [1.807, 2.05) is 24.7 Å². The Hall–Kier alpha value is -2.86. The number of aliphatic imine (C=N–C) groups is 1. The number of hydrogen-bond acceptors (Lipinski definition) is 3. The Morgan fingerprint density at radius 3 is 2.54 bits per heavy atom. The molecular formula is C21H25ClN6. The molecule has 0 saturated heterocycles. The third-order valence-electron chi connectivity index (χ3n) is 4.21. The van der Waals surface area contributed by atoms with E-state index in [9.17, 15) is 0 Å². The van der Waals surface area contributed by atoms with Crippen molar-refractivity contribution in [1.82, 2.24) is 25.2 Å². The minimum Gasteiger partial charge on any atom is -0.357 e. The molecule has 146 valence electrons. The number of hydrogen-bond donors (Lipinski definition) is 2. The first-order chi connectivity index (χ1) is 13.7. The van der Waals surface area contributed by atoms with Crippen molar-refractivity contribution in [1.29, 1.82) is 0 Å². The molecule has 0 radical (unpaired) electrons. The maximum Gasteiger partial charge on any atom is 0.191 e. The van der Waals surface area contributed by atoms with Gasteiger partial charge in [0.15, 0.2) is 5.96 Å². The second-order valence-corrected chi connectivity index (χ2v) is 6.80. The van der Waals surface area contributed by atoms with Crippen LogP contribution in [0.2, 0.25) is 5.15 Å².